The number of ether oxygens (including phenoxy) is 3. The molecule has 1 unspecified atom stereocenters. The van der Waals surface area contributed by atoms with Gasteiger partial charge in [-0.1, -0.05) is 331 Å². The van der Waals surface area contributed by atoms with E-state index in [4.69, 9.17) is 14.2 Å². The van der Waals surface area contributed by atoms with E-state index >= 15 is 0 Å². The van der Waals surface area contributed by atoms with Crippen molar-refractivity contribution in [2.45, 2.75) is 374 Å². The molecule has 0 bridgehead atoms. The molecule has 0 aromatic carbocycles. The van der Waals surface area contributed by atoms with Gasteiger partial charge in [-0.15, -0.1) is 0 Å². The molecule has 0 N–H and O–H groups in total. The van der Waals surface area contributed by atoms with Crippen LogP contribution in [0.25, 0.3) is 0 Å². The summed E-state index contributed by atoms with van der Waals surface area (Å²) in [7, 11) is 0. The highest BCUT2D eigenvalue weighted by Gasteiger charge is 2.19. The summed E-state index contributed by atoms with van der Waals surface area (Å²) in [5.74, 6) is -0.868. The van der Waals surface area contributed by atoms with Crippen LogP contribution >= 0.6 is 0 Å². The average Bonchev–Trinajstić information content (AvgIpc) is 3.47. The van der Waals surface area contributed by atoms with Gasteiger partial charge in [0.15, 0.2) is 6.10 Å². The molecule has 0 aliphatic rings. The van der Waals surface area contributed by atoms with Crippen LogP contribution in [0.15, 0.2) is 72.9 Å². The van der Waals surface area contributed by atoms with Gasteiger partial charge in [0, 0.05) is 19.3 Å². The predicted molar refractivity (Wildman–Crippen MR) is 353 cm³/mol. The lowest BCUT2D eigenvalue weighted by Crippen LogP contribution is -2.30. The summed E-state index contributed by atoms with van der Waals surface area (Å²) in [6, 6.07) is 0. The number of rotatable bonds is 65. The second-order valence-electron chi connectivity index (χ2n) is 23.8. The Morgan fingerprint density at radius 2 is 0.481 bits per heavy atom. The Morgan fingerprint density at radius 3 is 0.765 bits per heavy atom. The fourth-order valence-corrected chi connectivity index (χ4v) is 10.4. The number of allylic oxidation sites excluding steroid dienone is 12. The van der Waals surface area contributed by atoms with Crippen LogP contribution in [0.2, 0.25) is 0 Å². The van der Waals surface area contributed by atoms with Crippen molar-refractivity contribution in [3.05, 3.63) is 72.9 Å². The summed E-state index contributed by atoms with van der Waals surface area (Å²) < 4.78 is 16.8. The minimum absolute atomic E-state index is 0.0721. The molecule has 0 aromatic rings. The minimum Gasteiger partial charge on any atom is -0.462 e. The molecule has 0 saturated heterocycles. The summed E-state index contributed by atoms with van der Waals surface area (Å²) in [4.78, 5) is 38.0. The van der Waals surface area contributed by atoms with Gasteiger partial charge in [-0.25, -0.2) is 0 Å². The first-order chi connectivity index (χ1) is 40.0. The van der Waals surface area contributed by atoms with Crippen LogP contribution in [0.3, 0.4) is 0 Å². The summed E-state index contributed by atoms with van der Waals surface area (Å²) >= 11 is 0. The fourth-order valence-electron chi connectivity index (χ4n) is 10.4. The van der Waals surface area contributed by atoms with Crippen molar-refractivity contribution in [3.8, 4) is 0 Å². The van der Waals surface area contributed by atoms with E-state index in [2.05, 4.69) is 93.7 Å². The van der Waals surface area contributed by atoms with Crippen LogP contribution in [0.4, 0.5) is 0 Å². The van der Waals surface area contributed by atoms with Crippen molar-refractivity contribution >= 4 is 17.9 Å². The van der Waals surface area contributed by atoms with E-state index in [0.717, 1.165) is 96.3 Å². The van der Waals surface area contributed by atoms with Gasteiger partial charge in [-0.3, -0.25) is 14.4 Å². The molecule has 81 heavy (non-hydrogen) atoms. The highest BCUT2D eigenvalue weighted by Crippen LogP contribution is 2.18. The Bertz CT molecular complexity index is 1490. The topological polar surface area (TPSA) is 78.9 Å². The van der Waals surface area contributed by atoms with E-state index in [0.29, 0.717) is 19.3 Å². The van der Waals surface area contributed by atoms with Crippen LogP contribution < -0.4 is 0 Å². The number of unbranched alkanes of at least 4 members (excludes halogenated alkanes) is 42. The maximum absolute atomic E-state index is 12.9. The lowest BCUT2D eigenvalue weighted by Gasteiger charge is -2.18. The summed E-state index contributed by atoms with van der Waals surface area (Å²) in [6.07, 6.45) is 91.4. The SMILES string of the molecule is CC/C=C\C/C=C\C/C=C\C/C=C\C/C=C\CCCCCCCCCCCCCCCC(=O)OCC(COC(=O)CCCCCCC)OC(=O)CCCCCCCCCCCCCCCCCCC/C=C\CCCCCCCCCC. The monoisotopic (exact) mass is 1130 g/mol. The first-order valence-corrected chi connectivity index (χ1v) is 35.4. The Morgan fingerprint density at radius 1 is 0.259 bits per heavy atom. The van der Waals surface area contributed by atoms with Crippen molar-refractivity contribution in [1.82, 2.24) is 0 Å². The van der Waals surface area contributed by atoms with Gasteiger partial charge >= 0.3 is 17.9 Å². The van der Waals surface area contributed by atoms with Gasteiger partial charge in [0.2, 0.25) is 0 Å². The van der Waals surface area contributed by atoms with Gasteiger partial charge in [0.1, 0.15) is 13.2 Å². The highest BCUT2D eigenvalue weighted by atomic mass is 16.6. The maximum atomic E-state index is 12.9. The molecule has 0 aliphatic heterocycles. The Kier molecular flexibility index (Phi) is 66.6. The largest absolute Gasteiger partial charge is 0.462 e. The smallest absolute Gasteiger partial charge is 0.306 e. The number of hydrogen-bond donors (Lipinski definition) is 0. The molecule has 6 nitrogen and oxygen atoms in total. The number of carbonyl (C=O) groups is 3. The first-order valence-electron chi connectivity index (χ1n) is 35.4. The molecule has 470 valence electrons. The summed E-state index contributed by atoms with van der Waals surface area (Å²) in [5, 5.41) is 0. The van der Waals surface area contributed by atoms with Crippen LogP contribution in [-0.2, 0) is 28.6 Å². The third kappa shape index (κ3) is 67.5. The fraction of sp³-hybridized carbons (Fsp3) is 0.800. The molecular weight excluding hydrogens is 997 g/mol. The molecule has 6 heteroatoms. The van der Waals surface area contributed by atoms with Gasteiger partial charge in [0.25, 0.3) is 0 Å². The van der Waals surface area contributed by atoms with Crippen molar-refractivity contribution in [2.75, 3.05) is 13.2 Å². The lowest BCUT2D eigenvalue weighted by atomic mass is 10.0. The molecule has 0 heterocycles. The van der Waals surface area contributed by atoms with E-state index < -0.39 is 6.10 Å². The zero-order chi connectivity index (χ0) is 58.5. The Labute approximate surface area is 503 Å². The van der Waals surface area contributed by atoms with Crippen LogP contribution in [0, 0.1) is 0 Å². The third-order valence-corrected chi connectivity index (χ3v) is 15.7. The molecule has 0 saturated carbocycles. The van der Waals surface area contributed by atoms with Gasteiger partial charge in [0.05, 0.1) is 0 Å². The molecular formula is C75H134O6. The van der Waals surface area contributed by atoms with E-state index in [1.54, 1.807) is 0 Å². The van der Waals surface area contributed by atoms with Crippen molar-refractivity contribution < 1.29 is 28.6 Å². The van der Waals surface area contributed by atoms with E-state index in [9.17, 15) is 14.4 Å². The average molecular weight is 1130 g/mol. The van der Waals surface area contributed by atoms with Gasteiger partial charge < -0.3 is 14.2 Å². The first kappa shape index (κ1) is 77.9. The quantitative estimate of drug-likeness (QED) is 0.0261. The van der Waals surface area contributed by atoms with Crippen molar-refractivity contribution in [2.24, 2.45) is 0 Å². The standard InChI is InChI=1S/C75H134O6/c1-4-7-10-13-15-17-19-21-23-25-27-29-31-33-35-37-39-41-43-45-47-49-51-53-55-57-59-62-65-68-74(77)80-71-72(70-79-73(76)67-64-61-12-9-6-3)81-75(78)69-66-63-60-58-56-54-52-50-48-46-44-42-40-38-36-34-32-30-28-26-24-22-20-18-16-14-11-8-5-2/h7,10,15,17,21,23,26-29,33,35,72H,4-6,8-9,11-14,16,18-20,22,24-25,30-32,34,36-71H2,1-3H3/b10-7-,17-15-,23-21-,28-26-,29-27-,35-33-. The van der Waals surface area contributed by atoms with E-state index in [1.165, 1.54) is 231 Å². The van der Waals surface area contributed by atoms with Crippen molar-refractivity contribution in [1.29, 1.82) is 0 Å². The molecule has 1 atom stereocenters. The molecule has 0 amide bonds. The number of esters is 3. The molecule has 0 radical (unpaired) electrons. The van der Waals surface area contributed by atoms with Crippen molar-refractivity contribution in [3.63, 3.8) is 0 Å². The van der Waals surface area contributed by atoms with Crippen LogP contribution in [0.1, 0.15) is 367 Å². The zero-order valence-corrected chi connectivity index (χ0v) is 54.1. The predicted octanol–water partition coefficient (Wildman–Crippen LogP) is 24.4. The molecule has 0 aliphatic carbocycles. The van der Waals surface area contributed by atoms with E-state index in [-0.39, 0.29) is 31.1 Å². The molecule has 0 rings (SSSR count). The van der Waals surface area contributed by atoms with Gasteiger partial charge in [-0.2, -0.15) is 0 Å². The van der Waals surface area contributed by atoms with Gasteiger partial charge in [-0.05, 0) is 89.9 Å². The molecule has 0 fully saturated rings. The third-order valence-electron chi connectivity index (χ3n) is 15.7. The number of carbonyl (C=O) groups excluding carboxylic acids is 3. The highest BCUT2D eigenvalue weighted by molar-refractivity contribution is 5.71. The maximum Gasteiger partial charge on any atom is 0.306 e. The lowest BCUT2D eigenvalue weighted by molar-refractivity contribution is -0.167. The Hall–Kier alpha value is -3.15. The molecule has 0 spiro atoms. The summed E-state index contributed by atoms with van der Waals surface area (Å²) in [6.45, 7) is 6.49. The number of hydrogen-bond acceptors (Lipinski definition) is 6. The molecule has 0 aromatic heterocycles. The minimum atomic E-state index is -0.771. The second-order valence-corrected chi connectivity index (χ2v) is 23.8. The van der Waals surface area contributed by atoms with Crippen LogP contribution in [0.5, 0.6) is 0 Å². The zero-order valence-electron chi connectivity index (χ0n) is 54.1. The Balaban J connectivity index is 3.95. The normalized spacial score (nSPS) is 12.5. The van der Waals surface area contributed by atoms with E-state index in [1.807, 2.05) is 0 Å². The summed E-state index contributed by atoms with van der Waals surface area (Å²) in [5.41, 5.74) is 0. The van der Waals surface area contributed by atoms with Crippen LogP contribution in [-0.4, -0.2) is 37.2 Å². The second kappa shape index (κ2) is 69.3.